The molecule has 1 fully saturated rings. The number of carbonyl (C=O) groups excluding carboxylic acids is 1. The molecule has 1 aromatic carbocycles. The molecule has 4 nitrogen and oxygen atoms in total. The first-order chi connectivity index (χ1) is 9.56. The third-order valence-electron chi connectivity index (χ3n) is 3.78. The van der Waals surface area contributed by atoms with E-state index in [2.05, 4.69) is 15.5 Å². The third kappa shape index (κ3) is 4.02. The number of amides is 1. The van der Waals surface area contributed by atoms with Crippen LogP contribution in [-0.2, 0) is 11.3 Å². The molecule has 0 saturated carbocycles. The van der Waals surface area contributed by atoms with Gasteiger partial charge in [-0.1, -0.05) is 12.1 Å². The zero-order valence-electron chi connectivity index (χ0n) is 12.1. The molecule has 0 aliphatic carbocycles. The van der Waals surface area contributed by atoms with Crippen molar-refractivity contribution in [3.8, 4) is 0 Å². The van der Waals surface area contributed by atoms with Crippen LogP contribution in [0.2, 0.25) is 0 Å². The van der Waals surface area contributed by atoms with Crippen LogP contribution in [-0.4, -0.2) is 43.5 Å². The monoisotopic (exact) mass is 279 g/mol. The number of likely N-dealkylation sites (N-methyl/N-ethyl adjacent to an activating group) is 1. The largest absolute Gasteiger partial charge is 0.351 e. The first-order valence-electron chi connectivity index (χ1n) is 6.99. The molecular formula is C15H22FN3O. The molecule has 20 heavy (non-hydrogen) atoms. The highest BCUT2D eigenvalue weighted by atomic mass is 19.1. The van der Waals surface area contributed by atoms with Gasteiger partial charge in [-0.25, -0.2) is 4.39 Å². The van der Waals surface area contributed by atoms with Crippen molar-refractivity contribution in [2.45, 2.75) is 25.9 Å². The Morgan fingerprint density at radius 1 is 1.55 bits per heavy atom. The predicted octanol–water partition coefficient (Wildman–Crippen LogP) is 1.04. The Hall–Kier alpha value is -1.46. The number of nitrogens with zero attached hydrogens (tertiary/aromatic N) is 1. The van der Waals surface area contributed by atoms with Gasteiger partial charge in [-0.15, -0.1) is 0 Å². The summed E-state index contributed by atoms with van der Waals surface area (Å²) in [5.74, 6) is -0.258. The molecule has 1 heterocycles. The average molecular weight is 279 g/mol. The van der Waals surface area contributed by atoms with Crippen LogP contribution in [0.25, 0.3) is 0 Å². The van der Waals surface area contributed by atoms with E-state index in [1.54, 1.807) is 13.0 Å². The minimum atomic E-state index is -0.231. The van der Waals surface area contributed by atoms with Crippen LogP contribution in [0.5, 0.6) is 0 Å². The summed E-state index contributed by atoms with van der Waals surface area (Å²) < 4.78 is 13.4. The fraction of sp³-hybridized carbons (Fsp3) is 0.533. The molecule has 1 aliphatic heterocycles. The van der Waals surface area contributed by atoms with Crippen molar-refractivity contribution in [3.05, 3.63) is 35.1 Å². The van der Waals surface area contributed by atoms with Crippen molar-refractivity contribution in [1.29, 1.82) is 0 Å². The summed E-state index contributed by atoms with van der Waals surface area (Å²) in [5, 5.41) is 6.11. The Morgan fingerprint density at radius 2 is 2.35 bits per heavy atom. The Balaban J connectivity index is 1.78. The molecule has 0 bridgehead atoms. The minimum absolute atomic E-state index is 0.0274. The van der Waals surface area contributed by atoms with E-state index in [1.807, 2.05) is 13.1 Å². The molecule has 5 heteroatoms. The van der Waals surface area contributed by atoms with Gasteiger partial charge in [0.25, 0.3) is 0 Å². The molecule has 1 saturated heterocycles. The van der Waals surface area contributed by atoms with E-state index in [-0.39, 0.29) is 11.7 Å². The van der Waals surface area contributed by atoms with Crippen LogP contribution in [0.4, 0.5) is 4.39 Å². The molecule has 0 aromatic heterocycles. The van der Waals surface area contributed by atoms with E-state index in [0.717, 1.165) is 25.1 Å². The van der Waals surface area contributed by atoms with Crippen molar-refractivity contribution in [2.24, 2.45) is 0 Å². The van der Waals surface area contributed by atoms with Crippen molar-refractivity contribution in [1.82, 2.24) is 15.5 Å². The van der Waals surface area contributed by atoms with Crippen molar-refractivity contribution >= 4 is 5.91 Å². The summed E-state index contributed by atoms with van der Waals surface area (Å²) >= 11 is 0. The summed E-state index contributed by atoms with van der Waals surface area (Å²) in [7, 11) is 1.96. The number of hydrogen-bond acceptors (Lipinski definition) is 3. The highest BCUT2D eigenvalue weighted by Gasteiger charge is 2.20. The second-order valence-electron chi connectivity index (χ2n) is 5.42. The van der Waals surface area contributed by atoms with E-state index in [9.17, 15) is 9.18 Å². The number of nitrogens with one attached hydrogen (secondary N) is 2. The normalized spacial score (nSPS) is 18.5. The summed E-state index contributed by atoms with van der Waals surface area (Å²) in [6, 6.07) is 5.47. The Kier molecular flexibility index (Phi) is 5.09. The number of benzene rings is 1. The van der Waals surface area contributed by atoms with Crippen molar-refractivity contribution in [2.75, 3.05) is 26.7 Å². The fourth-order valence-electron chi connectivity index (χ4n) is 2.37. The molecule has 0 spiro atoms. The maximum absolute atomic E-state index is 13.4. The van der Waals surface area contributed by atoms with E-state index in [4.69, 9.17) is 0 Å². The SMILES string of the molecule is Cc1ccc(CNC(=O)CN(C)C2CCNC2)cc1F. The van der Waals surface area contributed by atoms with Gasteiger partial charge in [-0.2, -0.15) is 0 Å². The van der Waals surface area contributed by atoms with Gasteiger partial charge in [-0.05, 0) is 44.1 Å². The van der Waals surface area contributed by atoms with Crippen LogP contribution in [0, 0.1) is 12.7 Å². The van der Waals surface area contributed by atoms with Crippen LogP contribution in [0.3, 0.4) is 0 Å². The Morgan fingerprint density at radius 3 is 3.00 bits per heavy atom. The van der Waals surface area contributed by atoms with Crippen LogP contribution >= 0.6 is 0 Å². The highest BCUT2D eigenvalue weighted by molar-refractivity contribution is 5.78. The molecular weight excluding hydrogens is 257 g/mol. The average Bonchev–Trinajstić information content (AvgIpc) is 2.94. The maximum atomic E-state index is 13.4. The second kappa shape index (κ2) is 6.81. The maximum Gasteiger partial charge on any atom is 0.234 e. The fourth-order valence-corrected chi connectivity index (χ4v) is 2.37. The van der Waals surface area contributed by atoms with E-state index in [0.29, 0.717) is 24.7 Å². The molecule has 1 amide bonds. The Labute approximate surface area is 119 Å². The molecule has 0 radical (unpaired) electrons. The smallest absolute Gasteiger partial charge is 0.234 e. The van der Waals surface area contributed by atoms with Gasteiger partial charge in [0.1, 0.15) is 5.82 Å². The zero-order chi connectivity index (χ0) is 14.5. The van der Waals surface area contributed by atoms with Crippen molar-refractivity contribution < 1.29 is 9.18 Å². The van der Waals surface area contributed by atoms with Crippen molar-refractivity contribution in [3.63, 3.8) is 0 Å². The number of hydrogen-bond donors (Lipinski definition) is 2. The van der Waals surface area contributed by atoms with Gasteiger partial charge in [0, 0.05) is 19.1 Å². The lowest BCUT2D eigenvalue weighted by atomic mass is 10.1. The van der Waals surface area contributed by atoms with Crippen LogP contribution in [0.1, 0.15) is 17.5 Å². The molecule has 1 aliphatic rings. The van der Waals surface area contributed by atoms with Gasteiger partial charge in [0.05, 0.1) is 6.54 Å². The van der Waals surface area contributed by atoms with Gasteiger partial charge >= 0.3 is 0 Å². The third-order valence-corrected chi connectivity index (χ3v) is 3.78. The summed E-state index contributed by atoms with van der Waals surface area (Å²) in [6.45, 7) is 4.42. The Bertz CT molecular complexity index is 472. The van der Waals surface area contributed by atoms with E-state index in [1.165, 1.54) is 6.07 Å². The van der Waals surface area contributed by atoms with Gasteiger partial charge in [0.2, 0.25) is 5.91 Å². The lowest BCUT2D eigenvalue weighted by Crippen LogP contribution is -2.41. The second-order valence-corrected chi connectivity index (χ2v) is 5.42. The lowest BCUT2D eigenvalue weighted by Gasteiger charge is -2.22. The first kappa shape index (κ1) is 14.9. The molecule has 110 valence electrons. The minimum Gasteiger partial charge on any atom is -0.351 e. The molecule has 1 atom stereocenters. The number of rotatable bonds is 5. The quantitative estimate of drug-likeness (QED) is 0.846. The van der Waals surface area contributed by atoms with Gasteiger partial charge < -0.3 is 10.6 Å². The lowest BCUT2D eigenvalue weighted by molar-refractivity contribution is -0.122. The molecule has 2 N–H and O–H groups in total. The van der Waals surface area contributed by atoms with Gasteiger partial charge in [-0.3, -0.25) is 9.69 Å². The topological polar surface area (TPSA) is 44.4 Å². The van der Waals surface area contributed by atoms with Gasteiger partial charge in [0.15, 0.2) is 0 Å². The number of carbonyl (C=O) groups is 1. The zero-order valence-corrected chi connectivity index (χ0v) is 12.1. The molecule has 2 rings (SSSR count). The highest BCUT2D eigenvalue weighted by Crippen LogP contribution is 2.09. The number of aryl methyl sites for hydroxylation is 1. The summed E-state index contributed by atoms with van der Waals surface area (Å²) in [4.78, 5) is 13.9. The number of halogens is 1. The van der Waals surface area contributed by atoms with E-state index >= 15 is 0 Å². The summed E-state index contributed by atoms with van der Waals surface area (Å²) in [5.41, 5.74) is 1.40. The predicted molar refractivity (Wildman–Crippen MR) is 76.9 cm³/mol. The van der Waals surface area contributed by atoms with Crippen LogP contribution in [0.15, 0.2) is 18.2 Å². The first-order valence-corrected chi connectivity index (χ1v) is 6.99. The van der Waals surface area contributed by atoms with Crippen LogP contribution < -0.4 is 10.6 Å². The molecule has 1 unspecified atom stereocenters. The van der Waals surface area contributed by atoms with E-state index < -0.39 is 0 Å². The summed E-state index contributed by atoms with van der Waals surface area (Å²) in [6.07, 6.45) is 1.08. The molecule has 1 aromatic rings. The standard InChI is InChI=1S/C15H22FN3O/c1-11-3-4-12(7-14(11)16)8-18-15(20)10-19(2)13-5-6-17-9-13/h3-4,7,13,17H,5-6,8-10H2,1-2H3,(H,18,20).